The number of esters is 1. The molecule has 0 spiro atoms. The van der Waals surface area contributed by atoms with Gasteiger partial charge in [0.05, 0.1) is 19.1 Å². The zero-order chi connectivity index (χ0) is 14.6. The number of hydrogen-bond donors (Lipinski definition) is 0. The lowest BCUT2D eigenvalue weighted by molar-refractivity contribution is -0.141. The van der Waals surface area contributed by atoms with Gasteiger partial charge < -0.3 is 4.74 Å². The molecule has 0 radical (unpaired) electrons. The largest absolute Gasteiger partial charge is 0.469 e. The highest BCUT2D eigenvalue weighted by Gasteiger charge is 2.44. The molecule has 1 aromatic carbocycles. The van der Waals surface area contributed by atoms with E-state index < -0.39 is 0 Å². The van der Waals surface area contributed by atoms with Crippen molar-refractivity contribution in [3.05, 3.63) is 29.3 Å². The third-order valence-electron chi connectivity index (χ3n) is 3.50. The van der Waals surface area contributed by atoms with Crippen LogP contribution >= 0.6 is 11.8 Å². The molecule has 1 aromatic rings. The van der Waals surface area contributed by atoms with Crippen molar-refractivity contribution in [2.24, 2.45) is 5.41 Å². The van der Waals surface area contributed by atoms with Crippen LogP contribution in [0.5, 0.6) is 0 Å². The molecular weight excluding hydrogens is 274 g/mol. The lowest BCUT2D eigenvalue weighted by atomic mass is 10.1. The molecule has 0 heterocycles. The molecule has 0 aromatic heterocycles. The fourth-order valence-electron chi connectivity index (χ4n) is 1.99. The molecule has 0 N–H and O–H groups in total. The number of carbonyl (C=O) groups is 2. The topological polar surface area (TPSA) is 67.2 Å². The zero-order valence-electron chi connectivity index (χ0n) is 11.2. The Balaban J connectivity index is 2.03. The van der Waals surface area contributed by atoms with Crippen molar-refractivity contribution in [3.8, 4) is 6.07 Å². The fourth-order valence-corrected chi connectivity index (χ4v) is 3.27. The lowest BCUT2D eigenvalue weighted by Crippen LogP contribution is -2.13. The van der Waals surface area contributed by atoms with Crippen LogP contribution in [0.15, 0.2) is 23.1 Å². The quantitative estimate of drug-likeness (QED) is 0.457. The molecule has 1 fully saturated rings. The van der Waals surface area contributed by atoms with Gasteiger partial charge in [0.15, 0.2) is 0 Å². The van der Waals surface area contributed by atoms with Crippen LogP contribution in [-0.4, -0.2) is 25.1 Å². The normalized spacial score (nSPS) is 15.2. The van der Waals surface area contributed by atoms with Crippen molar-refractivity contribution in [2.45, 2.75) is 24.2 Å². The third kappa shape index (κ3) is 3.40. The molecule has 5 heteroatoms. The SMILES string of the molecule is COC(=O)CC1(CSc2ccc(C=O)cc2C#N)CC1. The minimum atomic E-state index is -0.181. The van der Waals surface area contributed by atoms with E-state index in [2.05, 4.69) is 6.07 Å². The van der Waals surface area contributed by atoms with Crippen LogP contribution in [0.2, 0.25) is 0 Å². The Morgan fingerprint density at radius 2 is 2.30 bits per heavy atom. The number of ether oxygens (including phenoxy) is 1. The van der Waals surface area contributed by atoms with E-state index in [1.54, 1.807) is 30.0 Å². The summed E-state index contributed by atoms with van der Waals surface area (Å²) in [6, 6.07) is 7.20. The molecule has 0 aliphatic heterocycles. The monoisotopic (exact) mass is 289 g/mol. The second kappa shape index (κ2) is 6.10. The number of methoxy groups -OCH3 is 1. The minimum absolute atomic E-state index is 0.0216. The summed E-state index contributed by atoms with van der Waals surface area (Å²) < 4.78 is 4.71. The fraction of sp³-hybridized carbons (Fsp3) is 0.400. The van der Waals surface area contributed by atoms with Gasteiger partial charge in [0.2, 0.25) is 0 Å². The van der Waals surface area contributed by atoms with Crippen molar-refractivity contribution in [3.63, 3.8) is 0 Å². The molecular formula is C15H15NO3S. The Morgan fingerprint density at radius 1 is 1.55 bits per heavy atom. The number of thioether (sulfide) groups is 1. The van der Waals surface area contributed by atoms with Crippen LogP contribution in [0.25, 0.3) is 0 Å². The second-order valence-electron chi connectivity index (χ2n) is 5.03. The van der Waals surface area contributed by atoms with E-state index in [0.717, 1.165) is 29.8 Å². The number of rotatable bonds is 6. The first-order valence-corrected chi connectivity index (χ1v) is 7.30. The van der Waals surface area contributed by atoms with Gasteiger partial charge in [-0.2, -0.15) is 5.26 Å². The minimum Gasteiger partial charge on any atom is -0.469 e. The molecule has 0 amide bonds. The van der Waals surface area contributed by atoms with Crippen LogP contribution in [-0.2, 0) is 9.53 Å². The van der Waals surface area contributed by atoms with Crippen molar-refractivity contribution in [1.82, 2.24) is 0 Å². The standard InChI is InChI=1S/C15H15NO3S/c1-19-14(18)7-15(4-5-15)10-20-13-3-2-11(9-17)6-12(13)8-16/h2-3,6,9H,4-5,7,10H2,1H3. The van der Waals surface area contributed by atoms with Gasteiger partial charge in [0.25, 0.3) is 0 Å². The van der Waals surface area contributed by atoms with Crippen LogP contribution in [0.4, 0.5) is 0 Å². The highest BCUT2D eigenvalue weighted by molar-refractivity contribution is 7.99. The van der Waals surface area contributed by atoms with Gasteiger partial charge >= 0.3 is 5.97 Å². The summed E-state index contributed by atoms with van der Waals surface area (Å²) in [6.07, 6.45) is 3.20. The second-order valence-corrected chi connectivity index (χ2v) is 6.04. The summed E-state index contributed by atoms with van der Waals surface area (Å²) in [4.78, 5) is 22.9. The molecule has 0 atom stereocenters. The number of aldehydes is 1. The van der Waals surface area contributed by atoms with E-state index in [-0.39, 0.29) is 11.4 Å². The molecule has 4 nitrogen and oxygen atoms in total. The molecule has 1 aliphatic carbocycles. The van der Waals surface area contributed by atoms with Crippen LogP contribution < -0.4 is 0 Å². The summed E-state index contributed by atoms with van der Waals surface area (Å²) in [7, 11) is 1.40. The summed E-state index contributed by atoms with van der Waals surface area (Å²) in [5.74, 6) is 0.608. The first kappa shape index (κ1) is 14.6. The number of benzene rings is 1. The summed E-state index contributed by atoms with van der Waals surface area (Å²) in [5.41, 5.74) is 1.03. The number of nitriles is 1. The number of nitrogens with zero attached hydrogens (tertiary/aromatic N) is 1. The third-order valence-corrected chi connectivity index (χ3v) is 4.92. The summed E-state index contributed by atoms with van der Waals surface area (Å²) >= 11 is 1.57. The van der Waals surface area contributed by atoms with E-state index >= 15 is 0 Å². The van der Waals surface area contributed by atoms with E-state index in [9.17, 15) is 9.59 Å². The van der Waals surface area contributed by atoms with Gasteiger partial charge in [0, 0.05) is 16.2 Å². The number of carbonyl (C=O) groups excluding carboxylic acids is 2. The maximum absolute atomic E-state index is 11.4. The maximum atomic E-state index is 11.4. The Hall–Kier alpha value is -1.80. The molecule has 104 valence electrons. The predicted molar refractivity (Wildman–Crippen MR) is 75.6 cm³/mol. The predicted octanol–water partition coefficient (Wildman–Crippen LogP) is 2.81. The smallest absolute Gasteiger partial charge is 0.306 e. The molecule has 1 saturated carbocycles. The lowest BCUT2D eigenvalue weighted by Gasteiger charge is -2.13. The Labute approximate surface area is 122 Å². The molecule has 20 heavy (non-hydrogen) atoms. The van der Waals surface area contributed by atoms with Gasteiger partial charge in [-0.05, 0) is 30.4 Å². The van der Waals surface area contributed by atoms with Crippen molar-refractivity contribution in [2.75, 3.05) is 12.9 Å². The molecule has 0 unspecified atom stereocenters. The van der Waals surface area contributed by atoms with Crippen molar-refractivity contribution in [1.29, 1.82) is 5.26 Å². The molecule has 1 aliphatic rings. The highest BCUT2D eigenvalue weighted by atomic mass is 32.2. The summed E-state index contributed by atoms with van der Waals surface area (Å²) in [6.45, 7) is 0. The van der Waals surface area contributed by atoms with Crippen molar-refractivity contribution >= 4 is 24.0 Å². The Bertz CT molecular complexity index is 573. The first-order chi connectivity index (χ1) is 9.62. The Morgan fingerprint density at radius 3 is 2.85 bits per heavy atom. The Kier molecular flexibility index (Phi) is 4.46. The van der Waals surface area contributed by atoms with E-state index in [1.807, 2.05) is 0 Å². The zero-order valence-corrected chi connectivity index (χ0v) is 12.0. The van der Waals surface area contributed by atoms with Gasteiger partial charge in [-0.3, -0.25) is 9.59 Å². The van der Waals surface area contributed by atoms with E-state index in [4.69, 9.17) is 10.00 Å². The first-order valence-electron chi connectivity index (χ1n) is 6.31. The van der Waals surface area contributed by atoms with Gasteiger partial charge in [-0.25, -0.2) is 0 Å². The molecule has 0 saturated heterocycles. The van der Waals surface area contributed by atoms with Gasteiger partial charge in [-0.15, -0.1) is 11.8 Å². The number of hydrogen-bond acceptors (Lipinski definition) is 5. The average molecular weight is 289 g/mol. The van der Waals surface area contributed by atoms with Crippen LogP contribution in [0.1, 0.15) is 35.2 Å². The van der Waals surface area contributed by atoms with Crippen LogP contribution in [0.3, 0.4) is 0 Å². The summed E-state index contributed by atoms with van der Waals surface area (Å²) in [5, 5.41) is 9.11. The average Bonchev–Trinajstić information content (AvgIpc) is 3.24. The maximum Gasteiger partial charge on any atom is 0.306 e. The van der Waals surface area contributed by atoms with E-state index in [1.165, 1.54) is 7.11 Å². The van der Waals surface area contributed by atoms with Crippen LogP contribution in [0, 0.1) is 16.7 Å². The molecule has 2 rings (SSSR count). The molecule has 0 bridgehead atoms. The highest BCUT2D eigenvalue weighted by Crippen LogP contribution is 2.52. The van der Waals surface area contributed by atoms with Gasteiger partial charge in [-0.1, -0.05) is 6.07 Å². The van der Waals surface area contributed by atoms with Crippen molar-refractivity contribution < 1.29 is 14.3 Å². The van der Waals surface area contributed by atoms with Gasteiger partial charge in [0.1, 0.15) is 12.4 Å². The van der Waals surface area contributed by atoms with E-state index in [0.29, 0.717) is 17.5 Å².